The minimum absolute atomic E-state index is 0.0965. The smallest absolute Gasteiger partial charge is 0.300 e. The van der Waals surface area contributed by atoms with Gasteiger partial charge in [0.1, 0.15) is 18.0 Å². The monoisotopic (exact) mass is 309 g/mol. The molecule has 2 aliphatic rings. The van der Waals surface area contributed by atoms with E-state index in [4.69, 9.17) is 16.3 Å². The van der Waals surface area contributed by atoms with Gasteiger partial charge in [-0.05, 0) is 31.0 Å². The SMILES string of the molecule is CC[N+]1(C)C(Cl)=NC=C2CCOC(c3ccc(F)cc3)C21. The van der Waals surface area contributed by atoms with Gasteiger partial charge in [-0.2, -0.15) is 4.99 Å². The lowest BCUT2D eigenvalue weighted by Gasteiger charge is -2.46. The van der Waals surface area contributed by atoms with E-state index in [1.807, 2.05) is 6.20 Å². The fraction of sp³-hybridized carbons (Fsp3) is 0.438. The zero-order valence-corrected chi connectivity index (χ0v) is 13.0. The Morgan fingerprint density at radius 3 is 2.76 bits per heavy atom. The van der Waals surface area contributed by atoms with Gasteiger partial charge in [0.15, 0.2) is 0 Å². The van der Waals surface area contributed by atoms with Crippen molar-refractivity contribution in [2.45, 2.75) is 25.5 Å². The van der Waals surface area contributed by atoms with E-state index < -0.39 is 0 Å². The van der Waals surface area contributed by atoms with Crippen LogP contribution in [0.5, 0.6) is 0 Å². The maximum absolute atomic E-state index is 13.2. The molecule has 3 rings (SSSR count). The molecule has 5 heteroatoms. The van der Waals surface area contributed by atoms with Gasteiger partial charge in [0, 0.05) is 23.4 Å². The van der Waals surface area contributed by atoms with Crippen LogP contribution < -0.4 is 0 Å². The summed E-state index contributed by atoms with van der Waals surface area (Å²) in [4.78, 5) is 4.36. The molecule has 3 atom stereocenters. The third-order valence-electron chi connectivity index (χ3n) is 4.58. The summed E-state index contributed by atoms with van der Waals surface area (Å²) >= 11 is 6.38. The molecular weight excluding hydrogens is 291 g/mol. The van der Waals surface area contributed by atoms with Crippen LogP contribution in [0.2, 0.25) is 0 Å². The van der Waals surface area contributed by atoms with Gasteiger partial charge in [0.25, 0.3) is 5.29 Å². The Bertz CT molecular complexity index is 599. The van der Waals surface area contributed by atoms with Gasteiger partial charge in [0.05, 0.1) is 20.2 Å². The molecule has 0 amide bonds. The number of hydrogen-bond acceptors (Lipinski definition) is 2. The van der Waals surface area contributed by atoms with Gasteiger partial charge < -0.3 is 4.74 Å². The average Bonchev–Trinajstić information content (AvgIpc) is 2.51. The molecule has 2 heterocycles. The van der Waals surface area contributed by atoms with Gasteiger partial charge in [-0.1, -0.05) is 12.1 Å². The van der Waals surface area contributed by atoms with Crippen LogP contribution in [-0.2, 0) is 4.74 Å². The molecule has 112 valence electrons. The molecule has 0 radical (unpaired) electrons. The maximum Gasteiger partial charge on any atom is 0.300 e. The van der Waals surface area contributed by atoms with Crippen LogP contribution in [-0.4, -0.2) is 36.0 Å². The highest BCUT2D eigenvalue weighted by Gasteiger charge is 2.48. The lowest BCUT2D eigenvalue weighted by atomic mass is 9.88. The number of amidine groups is 1. The Balaban J connectivity index is 2.04. The summed E-state index contributed by atoms with van der Waals surface area (Å²) in [6.45, 7) is 3.57. The van der Waals surface area contributed by atoms with Crippen LogP contribution in [0.4, 0.5) is 4.39 Å². The van der Waals surface area contributed by atoms with Crippen molar-refractivity contribution < 1.29 is 13.6 Å². The molecule has 21 heavy (non-hydrogen) atoms. The molecule has 0 aliphatic carbocycles. The van der Waals surface area contributed by atoms with E-state index in [9.17, 15) is 4.39 Å². The van der Waals surface area contributed by atoms with Crippen LogP contribution in [0.15, 0.2) is 41.0 Å². The van der Waals surface area contributed by atoms with Crippen molar-refractivity contribution in [3.8, 4) is 0 Å². The number of hydrogen-bond donors (Lipinski definition) is 0. The van der Waals surface area contributed by atoms with Gasteiger partial charge >= 0.3 is 0 Å². The number of halogens is 2. The van der Waals surface area contributed by atoms with Gasteiger partial charge in [-0.3, -0.25) is 4.48 Å². The highest BCUT2D eigenvalue weighted by molar-refractivity contribution is 6.62. The summed E-state index contributed by atoms with van der Waals surface area (Å²) < 4.78 is 19.7. The first-order valence-electron chi connectivity index (χ1n) is 7.21. The summed E-state index contributed by atoms with van der Waals surface area (Å²) in [5.41, 5.74) is 2.24. The van der Waals surface area contributed by atoms with Crippen molar-refractivity contribution in [3.05, 3.63) is 47.4 Å². The first-order valence-corrected chi connectivity index (χ1v) is 7.59. The van der Waals surface area contributed by atoms with Gasteiger partial charge in [-0.15, -0.1) is 0 Å². The Morgan fingerprint density at radius 2 is 2.10 bits per heavy atom. The zero-order valence-electron chi connectivity index (χ0n) is 12.2. The molecular formula is C16H19ClFN2O+. The number of quaternary nitrogens is 1. The number of benzene rings is 1. The van der Waals surface area contributed by atoms with Crippen LogP contribution in [0, 0.1) is 5.82 Å². The number of rotatable bonds is 2. The third kappa shape index (κ3) is 2.41. The molecule has 3 nitrogen and oxygen atoms in total. The molecule has 1 fully saturated rings. The molecule has 0 spiro atoms. The predicted molar refractivity (Wildman–Crippen MR) is 81.6 cm³/mol. The molecule has 2 aliphatic heterocycles. The Labute approximate surface area is 129 Å². The molecule has 3 unspecified atom stereocenters. The summed E-state index contributed by atoms with van der Waals surface area (Å²) in [7, 11) is 2.08. The van der Waals surface area contributed by atoms with Crippen molar-refractivity contribution in [3.63, 3.8) is 0 Å². The maximum atomic E-state index is 13.2. The molecule has 0 N–H and O–H groups in total. The van der Waals surface area contributed by atoms with Crippen LogP contribution in [0.3, 0.4) is 0 Å². The summed E-state index contributed by atoms with van der Waals surface area (Å²) in [6.07, 6.45) is 2.62. The van der Waals surface area contributed by atoms with Crippen molar-refractivity contribution in [1.29, 1.82) is 0 Å². The van der Waals surface area contributed by atoms with Crippen LogP contribution >= 0.6 is 11.6 Å². The van der Waals surface area contributed by atoms with E-state index in [1.165, 1.54) is 17.7 Å². The van der Waals surface area contributed by atoms with E-state index >= 15 is 0 Å². The highest BCUT2D eigenvalue weighted by atomic mass is 35.5. The molecule has 1 aromatic carbocycles. The lowest BCUT2D eigenvalue weighted by molar-refractivity contribution is -0.844. The van der Waals surface area contributed by atoms with E-state index in [0.717, 1.165) is 18.5 Å². The fourth-order valence-electron chi connectivity index (χ4n) is 3.18. The fourth-order valence-corrected chi connectivity index (χ4v) is 3.46. The van der Waals surface area contributed by atoms with E-state index in [0.29, 0.717) is 16.4 Å². The number of aliphatic imine (C=N–C) groups is 1. The van der Waals surface area contributed by atoms with Crippen molar-refractivity contribution in [1.82, 2.24) is 0 Å². The Kier molecular flexibility index (Phi) is 3.86. The first-order chi connectivity index (χ1) is 10.1. The largest absolute Gasteiger partial charge is 0.367 e. The number of nitrogens with zero attached hydrogens (tertiary/aromatic N) is 2. The second-order valence-electron chi connectivity index (χ2n) is 5.72. The molecule has 1 saturated heterocycles. The average molecular weight is 310 g/mol. The lowest BCUT2D eigenvalue weighted by Crippen LogP contribution is -2.60. The van der Waals surface area contributed by atoms with Crippen molar-refractivity contribution in [2.75, 3.05) is 20.2 Å². The highest BCUT2D eigenvalue weighted by Crippen LogP contribution is 2.41. The van der Waals surface area contributed by atoms with E-state index in [1.54, 1.807) is 12.1 Å². The van der Waals surface area contributed by atoms with Crippen LogP contribution in [0.25, 0.3) is 0 Å². The molecule has 1 aromatic rings. The number of ether oxygens (including phenoxy) is 1. The van der Waals surface area contributed by atoms with Gasteiger partial charge in [0.2, 0.25) is 0 Å². The summed E-state index contributed by atoms with van der Waals surface area (Å²) in [5.74, 6) is -0.235. The first kappa shape index (κ1) is 14.7. The standard InChI is InChI=1S/C16H19ClFN2O/c1-3-20(2)14-12(10-19-16(20)17)8-9-21-15(14)11-4-6-13(18)7-5-11/h4-7,10,14-15H,3,8-9H2,1-2H3/q+1. The summed E-state index contributed by atoms with van der Waals surface area (Å²) in [6, 6.07) is 6.64. The third-order valence-corrected chi connectivity index (χ3v) is 5.07. The second kappa shape index (κ2) is 5.52. The quantitative estimate of drug-likeness (QED) is 0.604. The normalized spacial score (nSPS) is 32.2. The van der Waals surface area contributed by atoms with Crippen LogP contribution in [0.1, 0.15) is 25.0 Å². The predicted octanol–water partition coefficient (Wildman–Crippen LogP) is 3.61. The molecule has 0 bridgehead atoms. The number of fused-ring (bicyclic) bond motifs is 1. The minimum atomic E-state index is -0.235. The molecule has 0 aromatic heterocycles. The van der Waals surface area contributed by atoms with E-state index in [2.05, 4.69) is 19.0 Å². The minimum Gasteiger partial charge on any atom is -0.367 e. The topological polar surface area (TPSA) is 21.6 Å². The molecule has 0 saturated carbocycles. The number of likely N-dealkylation sites (N-methyl/N-ethyl adjacent to an activating group) is 1. The van der Waals surface area contributed by atoms with Crippen molar-refractivity contribution >= 4 is 16.9 Å². The van der Waals surface area contributed by atoms with Gasteiger partial charge in [-0.25, -0.2) is 4.39 Å². The Morgan fingerprint density at radius 1 is 1.38 bits per heavy atom. The second-order valence-corrected chi connectivity index (χ2v) is 6.06. The van der Waals surface area contributed by atoms with E-state index in [-0.39, 0.29) is 18.0 Å². The van der Waals surface area contributed by atoms with Crippen molar-refractivity contribution in [2.24, 2.45) is 4.99 Å². The zero-order chi connectivity index (χ0) is 15.0. The summed E-state index contributed by atoms with van der Waals surface area (Å²) in [5, 5.41) is 0.573. The Hall–Kier alpha value is -1.23.